The van der Waals surface area contributed by atoms with Gasteiger partial charge in [0.15, 0.2) is 0 Å². The number of thioether (sulfide) groups is 1. The molecule has 0 saturated heterocycles. The Labute approximate surface area is 35.8 Å². The summed E-state index contributed by atoms with van der Waals surface area (Å²) in [6.07, 6.45) is 1.89. The molecule has 0 N–H and O–H groups in total. The van der Waals surface area contributed by atoms with Crippen molar-refractivity contribution in [1.29, 1.82) is 0 Å². The maximum atomic E-state index is 11.0. The molecule has 0 rings (SSSR count). The Kier molecular flexibility index (Phi) is 4.52. The van der Waals surface area contributed by atoms with Gasteiger partial charge in [-0.2, -0.15) is 11.8 Å². The van der Waals surface area contributed by atoms with E-state index in [1.807, 2.05) is 6.26 Å². The molecule has 0 saturated carbocycles. The summed E-state index contributed by atoms with van der Waals surface area (Å²) >= 11 is 1.53. The summed E-state index contributed by atoms with van der Waals surface area (Å²) in [7, 11) is 0. The molecule has 0 aliphatic carbocycles. The van der Waals surface area contributed by atoms with Crippen LogP contribution in [-0.4, -0.2) is 18.7 Å². The van der Waals surface area contributed by atoms with E-state index in [0.717, 1.165) is 0 Å². The van der Waals surface area contributed by atoms with Crippen LogP contribution in [0.1, 0.15) is 0 Å². The number of hydrogen-bond acceptors (Lipinski definition) is 1. The van der Waals surface area contributed by atoms with E-state index in [9.17, 15) is 4.39 Å². The van der Waals surface area contributed by atoms with Gasteiger partial charge in [-0.1, -0.05) is 0 Å². The van der Waals surface area contributed by atoms with Gasteiger partial charge in [0.2, 0.25) is 0 Å². The van der Waals surface area contributed by atoms with Gasteiger partial charge < -0.3 is 0 Å². The fraction of sp³-hybridized carbons (Fsp3) is 1.00. The van der Waals surface area contributed by atoms with E-state index >= 15 is 0 Å². The zero-order valence-electron chi connectivity index (χ0n) is 3.20. The normalized spacial score (nSPS) is 8.40. The van der Waals surface area contributed by atoms with Crippen molar-refractivity contribution in [2.75, 3.05) is 18.7 Å². The second-order valence-electron chi connectivity index (χ2n) is 0.682. The Morgan fingerprint density at radius 1 is 1.80 bits per heavy atom. The smallest absolute Gasteiger partial charge is 0.0984 e. The third-order valence-corrected chi connectivity index (χ3v) is 0.844. The van der Waals surface area contributed by atoms with E-state index in [1.165, 1.54) is 11.8 Å². The fourth-order valence-electron chi connectivity index (χ4n) is 0.0772. The summed E-state index contributed by atoms with van der Waals surface area (Å²) < 4.78 is 11.0. The molecule has 32 valence electrons. The average Bonchev–Trinajstić information content (AvgIpc) is 1.41. The Morgan fingerprint density at radius 3 is 2.40 bits per heavy atom. The minimum Gasteiger partial charge on any atom is -0.250 e. The zero-order chi connectivity index (χ0) is 4.12. The summed E-state index contributed by atoms with van der Waals surface area (Å²) in [6.45, 7) is -0.193. The minimum atomic E-state index is -0.193. The first-order chi connectivity index (χ1) is 2.41. The molecule has 0 aromatic heterocycles. The van der Waals surface area contributed by atoms with Crippen molar-refractivity contribution in [3.63, 3.8) is 0 Å². The molecule has 0 radical (unpaired) electrons. The molecule has 0 nitrogen and oxygen atoms in total. The molecular formula is C3H7FS. The highest BCUT2D eigenvalue weighted by Gasteiger charge is 1.71. The highest BCUT2D eigenvalue weighted by Crippen LogP contribution is 1.87. The summed E-state index contributed by atoms with van der Waals surface area (Å²) in [4.78, 5) is 0. The molecule has 0 aliphatic heterocycles. The Bertz CT molecular complexity index is 14.4. The van der Waals surface area contributed by atoms with E-state index in [1.54, 1.807) is 0 Å². The van der Waals surface area contributed by atoms with Crippen LogP contribution in [-0.2, 0) is 0 Å². The van der Waals surface area contributed by atoms with E-state index in [2.05, 4.69) is 0 Å². The molecule has 0 atom stereocenters. The highest BCUT2D eigenvalue weighted by atomic mass is 32.2. The van der Waals surface area contributed by atoms with Crippen LogP contribution in [0.3, 0.4) is 0 Å². The second-order valence-corrected chi connectivity index (χ2v) is 1.67. The maximum absolute atomic E-state index is 11.0. The molecular weight excluding hydrogens is 87.1 g/mol. The first-order valence-corrected chi connectivity index (χ1v) is 2.86. The van der Waals surface area contributed by atoms with Crippen LogP contribution in [0.5, 0.6) is 0 Å². The average molecular weight is 94.2 g/mol. The molecule has 0 spiro atoms. The van der Waals surface area contributed by atoms with Gasteiger partial charge in [0.25, 0.3) is 0 Å². The molecule has 0 aliphatic rings. The molecule has 0 heterocycles. The van der Waals surface area contributed by atoms with Crippen LogP contribution in [0.2, 0.25) is 0 Å². The molecule has 2 heteroatoms. The van der Waals surface area contributed by atoms with Crippen molar-refractivity contribution in [2.45, 2.75) is 0 Å². The summed E-state index contributed by atoms with van der Waals surface area (Å²) in [5.41, 5.74) is 0. The van der Waals surface area contributed by atoms with Gasteiger partial charge >= 0.3 is 0 Å². The van der Waals surface area contributed by atoms with Gasteiger partial charge in [-0.3, -0.25) is 4.39 Å². The van der Waals surface area contributed by atoms with E-state index in [4.69, 9.17) is 0 Å². The van der Waals surface area contributed by atoms with Crippen molar-refractivity contribution < 1.29 is 4.39 Å². The molecule has 0 amide bonds. The van der Waals surface area contributed by atoms with Crippen LogP contribution >= 0.6 is 11.8 Å². The van der Waals surface area contributed by atoms with Crippen LogP contribution < -0.4 is 0 Å². The SMILES string of the molecule is CSCCF. The zero-order valence-corrected chi connectivity index (χ0v) is 4.02. The molecule has 0 fully saturated rings. The van der Waals surface area contributed by atoms with Gasteiger partial charge in [0, 0.05) is 5.75 Å². The van der Waals surface area contributed by atoms with E-state index in [-0.39, 0.29) is 6.67 Å². The van der Waals surface area contributed by atoms with Crippen molar-refractivity contribution in [1.82, 2.24) is 0 Å². The molecule has 0 aromatic carbocycles. The third-order valence-electron chi connectivity index (χ3n) is 0.281. The van der Waals surface area contributed by atoms with Crippen LogP contribution in [0, 0.1) is 0 Å². The van der Waals surface area contributed by atoms with E-state index < -0.39 is 0 Å². The van der Waals surface area contributed by atoms with Crippen molar-refractivity contribution in [3.8, 4) is 0 Å². The lowest BCUT2D eigenvalue weighted by Crippen LogP contribution is -1.73. The first-order valence-electron chi connectivity index (χ1n) is 1.46. The number of alkyl halides is 1. The molecule has 0 bridgehead atoms. The Morgan fingerprint density at radius 2 is 2.40 bits per heavy atom. The largest absolute Gasteiger partial charge is 0.250 e. The topological polar surface area (TPSA) is 0 Å². The van der Waals surface area contributed by atoms with Gasteiger partial charge in [-0.25, -0.2) is 0 Å². The predicted octanol–water partition coefficient (Wildman–Crippen LogP) is 1.32. The molecule has 5 heavy (non-hydrogen) atoms. The quantitative estimate of drug-likeness (QED) is 0.497. The maximum Gasteiger partial charge on any atom is 0.0984 e. The van der Waals surface area contributed by atoms with Crippen molar-refractivity contribution in [3.05, 3.63) is 0 Å². The second kappa shape index (κ2) is 4.28. The minimum absolute atomic E-state index is 0.193. The summed E-state index contributed by atoms with van der Waals surface area (Å²) in [6, 6.07) is 0. The highest BCUT2D eigenvalue weighted by molar-refractivity contribution is 7.98. The number of rotatable bonds is 2. The number of halogens is 1. The summed E-state index contributed by atoms with van der Waals surface area (Å²) in [5.74, 6) is 0.639. The van der Waals surface area contributed by atoms with Crippen LogP contribution in [0.15, 0.2) is 0 Å². The lowest BCUT2D eigenvalue weighted by atomic mass is 10.9. The lowest BCUT2D eigenvalue weighted by Gasteiger charge is -1.77. The fourth-order valence-corrected chi connectivity index (χ4v) is 0.231. The monoisotopic (exact) mass is 94.0 g/mol. The van der Waals surface area contributed by atoms with Gasteiger partial charge in [0.1, 0.15) is 0 Å². The Hall–Kier alpha value is 0.280. The molecule has 0 aromatic rings. The first kappa shape index (κ1) is 5.28. The van der Waals surface area contributed by atoms with Crippen molar-refractivity contribution >= 4 is 11.8 Å². The van der Waals surface area contributed by atoms with Gasteiger partial charge in [-0.15, -0.1) is 0 Å². The number of hydrogen-bond donors (Lipinski definition) is 0. The summed E-state index contributed by atoms with van der Waals surface area (Å²) in [5, 5.41) is 0. The van der Waals surface area contributed by atoms with E-state index in [0.29, 0.717) is 5.75 Å². The third kappa shape index (κ3) is 4.28. The van der Waals surface area contributed by atoms with Gasteiger partial charge in [0.05, 0.1) is 6.67 Å². The van der Waals surface area contributed by atoms with Gasteiger partial charge in [-0.05, 0) is 6.26 Å². The standard InChI is InChI=1S/C3H7FS/c1-5-3-2-4/h2-3H2,1H3. The molecule has 0 unspecified atom stereocenters. The van der Waals surface area contributed by atoms with Crippen LogP contribution in [0.4, 0.5) is 4.39 Å². The van der Waals surface area contributed by atoms with Crippen LogP contribution in [0.25, 0.3) is 0 Å². The predicted molar refractivity (Wildman–Crippen MR) is 24.4 cm³/mol. The van der Waals surface area contributed by atoms with Crippen molar-refractivity contribution in [2.24, 2.45) is 0 Å². The Balaban J connectivity index is 2.19. The lowest BCUT2D eigenvalue weighted by molar-refractivity contribution is 0.533.